The molecule has 0 heterocycles. The molecule has 0 aliphatic carbocycles. The molecule has 0 aliphatic rings. The van der Waals surface area contributed by atoms with Gasteiger partial charge in [0.05, 0.1) is 25.5 Å². The summed E-state index contributed by atoms with van der Waals surface area (Å²) in [5, 5.41) is 2.63. The number of methoxy groups -OCH3 is 2. The van der Waals surface area contributed by atoms with Gasteiger partial charge in [-0.3, -0.25) is 9.59 Å². The highest BCUT2D eigenvalue weighted by Gasteiger charge is 2.18. The number of ketones is 1. The average molecular weight is 317 g/mol. The molecule has 0 spiro atoms. The molecule has 0 fully saturated rings. The molecule has 23 heavy (non-hydrogen) atoms. The van der Waals surface area contributed by atoms with Crippen LogP contribution in [-0.4, -0.2) is 25.9 Å². The number of ether oxygens (including phenoxy) is 2. The average Bonchev–Trinajstić information content (AvgIpc) is 2.54. The van der Waals surface area contributed by atoms with Crippen LogP contribution in [0.15, 0.2) is 36.4 Å². The topological polar surface area (TPSA) is 64.6 Å². The largest absolute Gasteiger partial charge is 0.497 e. The number of hydrogen-bond acceptors (Lipinski definition) is 4. The number of halogens is 1. The second-order valence-electron chi connectivity index (χ2n) is 4.77. The summed E-state index contributed by atoms with van der Waals surface area (Å²) in [7, 11) is 2.89. The van der Waals surface area contributed by atoms with Crippen LogP contribution in [0, 0.1) is 5.82 Å². The predicted octanol–water partition coefficient (Wildman–Crippen LogP) is 3.30. The Kier molecular flexibility index (Phi) is 4.95. The van der Waals surface area contributed by atoms with Gasteiger partial charge in [-0.25, -0.2) is 4.39 Å². The van der Waals surface area contributed by atoms with Gasteiger partial charge < -0.3 is 14.8 Å². The SMILES string of the molecule is COc1cc(NC(=O)c2ccc(F)cc2)c(C(C)=O)c(OC)c1. The monoisotopic (exact) mass is 317 g/mol. The van der Waals surface area contributed by atoms with E-state index in [1.807, 2.05) is 0 Å². The van der Waals surface area contributed by atoms with Crippen LogP contribution in [0.4, 0.5) is 10.1 Å². The molecule has 2 rings (SSSR count). The van der Waals surface area contributed by atoms with Gasteiger partial charge in [-0.05, 0) is 31.2 Å². The molecular weight excluding hydrogens is 301 g/mol. The lowest BCUT2D eigenvalue weighted by Crippen LogP contribution is -2.15. The van der Waals surface area contributed by atoms with Crippen molar-refractivity contribution in [2.24, 2.45) is 0 Å². The molecule has 2 aromatic carbocycles. The van der Waals surface area contributed by atoms with E-state index >= 15 is 0 Å². The van der Waals surface area contributed by atoms with E-state index in [0.717, 1.165) is 0 Å². The van der Waals surface area contributed by atoms with Crippen LogP contribution in [0.5, 0.6) is 11.5 Å². The van der Waals surface area contributed by atoms with Crippen LogP contribution < -0.4 is 14.8 Å². The molecule has 0 bridgehead atoms. The second-order valence-corrected chi connectivity index (χ2v) is 4.77. The minimum absolute atomic E-state index is 0.240. The third-order valence-electron chi connectivity index (χ3n) is 3.24. The number of hydrogen-bond donors (Lipinski definition) is 1. The van der Waals surface area contributed by atoms with Gasteiger partial charge >= 0.3 is 0 Å². The highest BCUT2D eigenvalue weighted by molar-refractivity contribution is 6.10. The molecule has 0 radical (unpaired) electrons. The van der Waals surface area contributed by atoms with Crippen molar-refractivity contribution < 1.29 is 23.5 Å². The first-order valence-corrected chi connectivity index (χ1v) is 6.80. The van der Waals surface area contributed by atoms with Crippen LogP contribution in [0.25, 0.3) is 0 Å². The maximum atomic E-state index is 12.9. The fraction of sp³-hybridized carbons (Fsp3) is 0.176. The van der Waals surface area contributed by atoms with E-state index in [2.05, 4.69) is 5.32 Å². The van der Waals surface area contributed by atoms with Gasteiger partial charge in [-0.2, -0.15) is 0 Å². The summed E-state index contributed by atoms with van der Waals surface area (Å²) in [5.74, 6) is -0.441. The van der Waals surface area contributed by atoms with E-state index in [-0.39, 0.29) is 22.6 Å². The van der Waals surface area contributed by atoms with E-state index in [0.29, 0.717) is 11.5 Å². The van der Waals surface area contributed by atoms with Crippen molar-refractivity contribution >= 4 is 17.4 Å². The highest BCUT2D eigenvalue weighted by atomic mass is 19.1. The molecule has 1 amide bonds. The molecule has 0 unspecified atom stereocenters. The van der Waals surface area contributed by atoms with Crippen LogP contribution in [0.2, 0.25) is 0 Å². The smallest absolute Gasteiger partial charge is 0.255 e. The third-order valence-corrected chi connectivity index (χ3v) is 3.24. The molecule has 0 aliphatic heterocycles. The molecule has 2 aromatic rings. The van der Waals surface area contributed by atoms with Crippen LogP contribution in [0.1, 0.15) is 27.6 Å². The maximum Gasteiger partial charge on any atom is 0.255 e. The van der Waals surface area contributed by atoms with Crippen molar-refractivity contribution in [1.29, 1.82) is 0 Å². The van der Waals surface area contributed by atoms with E-state index in [4.69, 9.17) is 9.47 Å². The van der Waals surface area contributed by atoms with Gasteiger partial charge in [0.2, 0.25) is 0 Å². The fourth-order valence-corrected chi connectivity index (χ4v) is 2.13. The van der Waals surface area contributed by atoms with E-state index in [9.17, 15) is 14.0 Å². The summed E-state index contributed by atoms with van der Waals surface area (Å²) in [4.78, 5) is 24.2. The first kappa shape index (κ1) is 16.5. The Balaban J connectivity index is 2.43. The van der Waals surface area contributed by atoms with Crippen molar-refractivity contribution in [3.63, 3.8) is 0 Å². The number of nitrogens with one attached hydrogen (secondary N) is 1. The van der Waals surface area contributed by atoms with Gasteiger partial charge in [0.25, 0.3) is 5.91 Å². The zero-order chi connectivity index (χ0) is 17.0. The highest BCUT2D eigenvalue weighted by Crippen LogP contribution is 2.33. The van der Waals surface area contributed by atoms with E-state index < -0.39 is 11.7 Å². The molecular formula is C17H16FNO4. The van der Waals surface area contributed by atoms with Crippen molar-refractivity contribution in [2.75, 3.05) is 19.5 Å². The molecule has 0 saturated carbocycles. The quantitative estimate of drug-likeness (QED) is 0.859. The summed E-state index contributed by atoms with van der Waals surface area (Å²) in [5.41, 5.74) is 0.773. The minimum atomic E-state index is -0.470. The Morgan fingerprint density at radius 3 is 2.22 bits per heavy atom. The number of carbonyl (C=O) groups excluding carboxylic acids is 2. The number of benzene rings is 2. The zero-order valence-corrected chi connectivity index (χ0v) is 13.0. The van der Waals surface area contributed by atoms with E-state index in [1.165, 1.54) is 51.5 Å². The van der Waals surface area contributed by atoms with Crippen molar-refractivity contribution in [1.82, 2.24) is 0 Å². The Bertz CT molecular complexity index is 741. The van der Waals surface area contributed by atoms with Crippen molar-refractivity contribution in [2.45, 2.75) is 6.92 Å². The molecule has 6 heteroatoms. The predicted molar refractivity (Wildman–Crippen MR) is 83.9 cm³/mol. The zero-order valence-electron chi connectivity index (χ0n) is 13.0. The molecule has 0 aromatic heterocycles. The normalized spacial score (nSPS) is 10.1. The number of carbonyl (C=O) groups is 2. The first-order valence-electron chi connectivity index (χ1n) is 6.80. The van der Waals surface area contributed by atoms with Gasteiger partial charge in [-0.15, -0.1) is 0 Å². The summed E-state index contributed by atoms with van der Waals surface area (Å²) in [6.45, 7) is 1.37. The molecule has 0 atom stereocenters. The first-order chi connectivity index (χ1) is 11.0. The number of rotatable bonds is 5. The summed E-state index contributed by atoms with van der Waals surface area (Å²) < 4.78 is 23.3. The molecule has 1 N–H and O–H groups in total. The second kappa shape index (κ2) is 6.91. The van der Waals surface area contributed by atoms with Crippen LogP contribution >= 0.6 is 0 Å². The number of anilines is 1. The lowest BCUT2D eigenvalue weighted by Gasteiger charge is -2.15. The van der Waals surface area contributed by atoms with Crippen molar-refractivity contribution in [3.8, 4) is 11.5 Å². The lowest BCUT2D eigenvalue weighted by molar-refractivity contribution is 0.101. The minimum Gasteiger partial charge on any atom is -0.497 e. The number of amides is 1. The van der Waals surface area contributed by atoms with E-state index in [1.54, 1.807) is 6.07 Å². The molecule has 5 nitrogen and oxygen atoms in total. The van der Waals surface area contributed by atoms with Crippen molar-refractivity contribution in [3.05, 3.63) is 53.3 Å². The van der Waals surface area contributed by atoms with Crippen LogP contribution in [0.3, 0.4) is 0 Å². The number of Topliss-reactive ketones (excluding diaryl/α,β-unsaturated/α-hetero) is 1. The third kappa shape index (κ3) is 3.66. The van der Waals surface area contributed by atoms with Gasteiger partial charge in [-0.1, -0.05) is 0 Å². The standard InChI is InChI=1S/C17H16FNO4/c1-10(20)16-14(8-13(22-2)9-15(16)23-3)19-17(21)11-4-6-12(18)7-5-11/h4-9H,1-3H3,(H,19,21). The Morgan fingerprint density at radius 1 is 1.04 bits per heavy atom. The fourth-order valence-electron chi connectivity index (χ4n) is 2.13. The molecule has 0 saturated heterocycles. The Morgan fingerprint density at radius 2 is 1.70 bits per heavy atom. The summed E-state index contributed by atoms with van der Waals surface area (Å²) >= 11 is 0. The summed E-state index contributed by atoms with van der Waals surface area (Å²) in [6, 6.07) is 8.18. The molecule has 120 valence electrons. The van der Waals surface area contributed by atoms with Crippen LogP contribution in [-0.2, 0) is 0 Å². The maximum absolute atomic E-state index is 12.9. The van der Waals surface area contributed by atoms with Gasteiger partial charge in [0.15, 0.2) is 5.78 Å². The lowest BCUT2D eigenvalue weighted by atomic mass is 10.1. The van der Waals surface area contributed by atoms with Gasteiger partial charge in [0, 0.05) is 17.7 Å². The summed E-state index contributed by atoms with van der Waals surface area (Å²) in [6.07, 6.45) is 0. The Labute approximate surface area is 133 Å². The van der Waals surface area contributed by atoms with Gasteiger partial charge in [0.1, 0.15) is 17.3 Å². The Hall–Kier alpha value is -2.89.